The molecule has 0 fully saturated rings. The second-order valence-corrected chi connectivity index (χ2v) is 2.51. The van der Waals surface area contributed by atoms with Crippen LogP contribution in [0.1, 0.15) is 10.4 Å². The number of rotatable bonds is 1. The molecule has 0 saturated heterocycles. The molecule has 6 nitrogen and oxygen atoms in total. The lowest BCUT2D eigenvalue weighted by Gasteiger charge is -1.95. The SMILES string of the molecule is NC(=O)c1cccn2c(=O)[nH]nc12. The summed E-state index contributed by atoms with van der Waals surface area (Å²) < 4.78 is 1.22. The summed E-state index contributed by atoms with van der Waals surface area (Å²) in [5.74, 6) is -0.607. The molecule has 0 aliphatic carbocycles. The van der Waals surface area contributed by atoms with E-state index < -0.39 is 11.6 Å². The van der Waals surface area contributed by atoms with Crippen LogP contribution in [-0.4, -0.2) is 20.5 Å². The van der Waals surface area contributed by atoms with Gasteiger partial charge in [-0.05, 0) is 12.1 Å². The summed E-state index contributed by atoms with van der Waals surface area (Å²) in [6.07, 6.45) is 1.51. The van der Waals surface area contributed by atoms with E-state index in [1.165, 1.54) is 16.7 Å². The molecule has 2 aromatic heterocycles. The highest BCUT2D eigenvalue weighted by Crippen LogP contribution is 2.03. The van der Waals surface area contributed by atoms with Crippen molar-refractivity contribution in [2.45, 2.75) is 0 Å². The van der Waals surface area contributed by atoms with Gasteiger partial charge in [-0.1, -0.05) is 0 Å². The van der Waals surface area contributed by atoms with Crippen molar-refractivity contribution in [2.24, 2.45) is 5.73 Å². The number of primary amides is 1. The fourth-order valence-corrected chi connectivity index (χ4v) is 1.13. The second-order valence-electron chi connectivity index (χ2n) is 2.51. The third-order valence-corrected chi connectivity index (χ3v) is 1.71. The van der Waals surface area contributed by atoms with E-state index in [0.717, 1.165) is 0 Å². The number of hydrogen-bond donors (Lipinski definition) is 2. The molecular formula is C7H6N4O2. The Morgan fingerprint density at radius 1 is 1.62 bits per heavy atom. The zero-order chi connectivity index (χ0) is 9.42. The molecule has 0 bridgehead atoms. The van der Waals surface area contributed by atoms with Crippen molar-refractivity contribution in [3.8, 4) is 0 Å². The van der Waals surface area contributed by atoms with Crippen molar-refractivity contribution < 1.29 is 4.79 Å². The summed E-state index contributed by atoms with van der Waals surface area (Å²) in [5.41, 5.74) is 5.16. The number of carbonyl (C=O) groups excluding carboxylic acids is 1. The summed E-state index contributed by atoms with van der Waals surface area (Å²) in [5, 5.41) is 5.89. The van der Waals surface area contributed by atoms with Gasteiger partial charge in [0.2, 0.25) is 0 Å². The minimum atomic E-state index is -0.607. The van der Waals surface area contributed by atoms with Gasteiger partial charge in [0.25, 0.3) is 5.91 Å². The maximum Gasteiger partial charge on any atom is 0.347 e. The van der Waals surface area contributed by atoms with Crippen LogP contribution < -0.4 is 11.4 Å². The lowest BCUT2D eigenvalue weighted by Crippen LogP contribution is -2.14. The number of nitrogens with one attached hydrogen (secondary N) is 1. The summed E-state index contributed by atoms with van der Waals surface area (Å²) in [6.45, 7) is 0. The Labute approximate surface area is 72.0 Å². The number of H-pyrrole nitrogens is 1. The Morgan fingerprint density at radius 3 is 3.08 bits per heavy atom. The van der Waals surface area contributed by atoms with Crippen LogP contribution >= 0.6 is 0 Å². The molecule has 6 heteroatoms. The number of amides is 1. The summed E-state index contributed by atoms with van der Waals surface area (Å²) in [4.78, 5) is 21.9. The van der Waals surface area contributed by atoms with E-state index in [2.05, 4.69) is 10.2 Å². The number of carbonyl (C=O) groups is 1. The molecule has 0 aromatic carbocycles. The van der Waals surface area contributed by atoms with Crippen molar-refractivity contribution in [3.63, 3.8) is 0 Å². The lowest BCUT2D eigenvalue weighted by molar-refractivity contribution is 0.100. The third-order valence-electron chi connectivity index (χ3n) is 1.71. The zero-order valence-corrected chi connectivity index (χ0v) is 6.52. The molecule has 0 aliphatic heterocycles. The molecule has 2 aromatic rings. The van der Waals surface area contributed by atoms with Crippen LogP contribution in [0.15, 0.2) is 23.1 Å². The van der Waals surface area contributed by atoms with Crippen LogP contribution in [-0.2, 0) is 0 Å². The average Bonchev–Trinajstić information content (AvgIpc) is 2.48. The van der Waals surface area contributed by atoms with Gasteiger partial charge >= 0.3 is 5.69 Å². The van der Waals surface area contributed by atoms with Crippen molar-refractivity contribution >= 4 is 11.6 Å². The molecule has 0 unspecified atom stereocenters. The monoisotopic (exact) mass is 178 g/mol. The first-order chi connectivity index (χ1) is 6.20. The number of aromatic amines is 1. The van der Waals surface area contributed by atoms with Gasteiger partial charge in [0.15, 0.2) is 5.65 Å². The second kappa shape index (κ2) is 2.44. The number of pyridine rings is 1. The fraction of sp³-hybridized carbons (Fsp3) is 0. The van der Waals surface area contributed by atoms with Gasteiger partial charge < -0.3 is 5.73 Å². The molecule has 3 N–H and O–H groups in total. The molecule has 0 atom stereocenters. The van der Waals surface area contributed by atoms with Crippen molar-refractivity contribution in [2.75, 3.05) is 0 Å². The quantitative estimate of drug-likeness (QED) is 0.593. The molecule has 1 amide bonds. The number of nitrogens with zero attached hydrogens (tertiary/aromatic N) is 2. The molecule has 0 saturated carbocycles. The average molecular weight is 178 g/mol. The first-order valence-corrected chi connectivity index (χ1v) is 3.55. The molecule has 0 aliphatic rings. The minimum absolute atomic E-state index is 0.223. The van der Waals surface area contributed by atoms with Gasteiger partial charge in [0.05, 0.1) is 5.56 Å². The number of nitrogens with two attached hydrogens (primary N) is 1. The Kier molecular flexibility index (Phi) is 1.42. The largest absolute Gasteiger partial charge is 0.365 e. The van der Waals surface area contributed by atoms with E-state index in [0.29, 0.717) is 0 Å². The lowest BCUT2D eigenvalue weighted by atomic mass is 10.2. The van der Waals surface area contributed by atoms with Gasteiger partial charge in [-0.25, -0.2) is 14.3 Å². The van der Waals surface area contributed by atoms with E-state index in [4.69, 9.17) is 5.73 Å². The normalized spacial score (nSPS) is 10.5. The zero-order valence-electron chi connectivity index (χ0n) is 6.52. The highest BCUT2D eigenvalue weighted by atomic mass is 16.2. The Bertz CT molecular complexity index is 525. The smallest absolute Gasteiger partial charge is 0.347 e. The molecule has 66 valence electrons. The number of fused-ring (bicyclic) bond motifs is 1. The molecular weight excluding hydrogens is 172 g/mol. The highest BCUT2D eigenvalue weighted by molar-refractivity contribution is 5.98. The molecule has 2 rings (SSSR count). The molecule has 0 spiro atoms. The molecule has 13 heavy (non-hydrogen) atoms. The van der Waals surface area contributed by atoms with Gasteiger partial charge in [-0.15, -0.1) is 0 Å². The van der Waals surface area contributed by atoms with Crippen LogP contribution in [0.2, 0.25) is 0 Å². The topological polar surface area (TPSA) is 93.2 Å². The van der Waals surface area contributed by atoms with Crippen LogP contribution in [0.3, 0.4) is 0 Å². The molecule has 2 heterocycles. The van der Waals surface area contributed by atoms with E-state index in [1.807, 2.05) is 0 Å². The van der Waals surface area contributed by atoms with Crippen molar-refractivity contribution in [1.29, 1.82) is 0 Å². The van der Waals surface area contributed by atoms with E-state index in [1.54, 1.807) is 6.07 Å². The first-order valence-electron chi connectivity index (χ1n) is 3.55. The Morgan fingerprint density at radius 2 is 2.38 bits per heavy atom. The van der Waals surface area contributed by atoms with Crippen molar-refractivity contribution in [1.82, 2.24) is 14.6 Å². The fourth-order valence-electron chi connectivity index (χ4n) is 1.13. The van der Waals surface area contributed by atoms with Gasteiger partial charge in [-0.2, -0.15) is 5.10 Å². The summed E-state index contributed by atoms with van der Waals surface area (Å²) in [7, 11) is 0. The van der Waals surface area contributed by atoms with Gasteiger partial charge in [0, 0.05) is 6.20 Å². The van der Waals surface area contributed by atoms with Gasteiger partial charge in [0.1, 0.15) is 0 Å². The first kappa shape index (κ1) is 7.53. The Hall–Kier alpha value is -2.11. The predicted octanol–water partition coefficient (Wildman–Crippen LogP) is -0.879. The summed E-state index contributed by atoms with van der Waals surface area (Å²) >= 11 is 0. The third kappa shape index (κ3) is 0.994. The van der Waals surface area contributed by atoms with Crippen LogP contribution in [0.4, 0.5) is 0 Å². The Balaban J connectivity index is 2.92. The van der Waals surface area contributed by atoms with E-state index in [-0.39, 0.29) is 11.2 Å². The van der Waals surface area contributed by atoms with Crippen molar-refractivity contribution in [3.05, 3.63) is 34.4 Å². The van der Waals surface area contributed by atoms with Crippen LogP contribution in [0.5, 0.6) is 0 Å². The minimum Gasteiger partial charge on any atom is -0.365 e. The standard InChI is InChI=1S/C7H6N4O2/c8-5(12)4-2-1-3-11-6(4)9-10-7(11)13/h1-3H,(H2,8,12)(H,10,13). The van der Waals surface area contributed by atoms with Crippen LogP contribution in [0, 0.1) is 0 Å². The van der Waals surface area contributed by atoms with Gasteiger partial charge in [-0.3, -0.25) is 4.79 Å². The summed E-state index contributed by atoms with van der Waals surface area (Å²) in [6, 6.07) is 3.07. The number of aromatic nitrogens is 3. The molecule has 0 radical (unpaired) electrons. The van der Waals surface area contributed by atoms with E-state index in [9.17, 15) is 9.59 Å². The highest BCUT2D eigenvalue weighted by Gasteiger charge is 2.08. The predicted molar refractivity (Wildman–Crippen MR) is 44.3 cm³/mol. The van der Waals surface area contributed by atoms with Crippen LogP contribution in [0.25, 0.3) is 5.65 Å². The van der Waals surface area contributed by atoms with E-state index >= 15 is 0 Å². The number of hydrogen-bond acceptors (Lipinski definition) is 3. The maximum atomic E-state index is 11.0. The maximum absolute atomic E-state index is 11.0.